The number of nitrogens with one attached hydrogen (secondary N) is 2. The summed E-state index contributed by atoms with van der Waals surface area (Å²) in [5, 5.41) is 11.3. The molecule has 66 valence electrons. The van der Waals surface area contributed by atoms with E-state index >= 15 is 0 Å². The molecule has 0 fully saturated rings. The van der Waals surface area contributed by atoms with Crippen molar-refractivity contribution in [3.05, 3.63) is 0 Å². The largest absolute Gasteiger partial charge is 0.306 e. The van der Waals surface area contributed by atoms with E-state index in [0.29, 0.717) is 0 Å². The zero-order chi connectivity index (χ0) is 8.85. The van der Waals surface area contributed by atoms with E-state index in [4.69, 9.17) is 5.21 Å². The van der Waals surface area contributed by atoms with Gasteiger partial charge in [-0.15, -0.1) is 0 Å². The molecular formula is C7H16N2O2. The van der Waals surface area contributed by atoms with Gasteiger partial charge in [-0.3, -0.25) is 10.0 Å². The first-order valence-electron chi connectivity index (χ1n) is 3.80. The first-order valence-corrected chi connectivity index (χ1v) is 3.80. The Labute approximate surface area is 66.9 Å². The van der Waals surface area contributed by atoms with Gasteiger partial charge in [-0.05, 0) is 12.5 Å². The zero-order valence-corrected chi connectivity index (χ0v) is 7.22. The molecule has 4 heteroatoms. The minimum absolute atomic E-state index is 0.182. The summed E-state index contributed by atoms with van der Waals surface area (Å²) < 4.78 is 0. The van der Waals surface area contributed by atoms with Crippen molar-refractivity contribution in [1.82, 2.24) is 10.8 Å². The van der Waals surface area contributed by atoms with Gasteiger partial charge in [0.15, 0.2) is 0 Å². The van der Waals surface area contributed by atoms with Crippen molar-refractivity contribution >= 4 is 5.91 Å². The molecule has 0 aromatic rings. The van der Waals surface area contributed by atoms with Crippen LogP contribution >= 0.6 is 0 Å². The number of hydrogen-bond donors (Lipinski definition) is 3. The number of hydrogen-bond acceptors (Lipinski definition) is 3. The number of carbonyl (C=O) groups is 1. The zero-order valence-electron chi connectivity index (χ0n) is 7.22. The molecule has 0 spiro atoms. The maximum absolute atomic E-state index is 10.9. The summed E-state index contributed by atoms with van der Waals surface area (Å²) in [7, 11) is 0. The van der Waals surface area contributed by atoms with Gasteiger partial charge in [0, 0.05) is 0 Å². The van der Waals surface area contributed by atoms with Crippen LogP contribution in [0.5, 0.6) is 0 Å². The van der Waals surface area contributed by atoms with Gasteiger partial charge in [0.1, 0.15) is 0 Å². The highest BCUT2D eigenvalue weighted by Crippen LogP contribution is 2.00. The maximum atomic E-state index is 10.9. The Morgan fingerprint density at radius 3 is 2.36 bits per heavy atom. The van der Waals surface area contributed by atoms with Crippen molar-refractivity contribution in [2.24, 2.45) is 5.92 Å². The molecule has 0 rings (SSSR count). The Bertz CT molecular complexity index is 126. The number of amides is 1. The monoisotopic (exact) mass is 160 g/mol. The van der Waals surface area contributed by atoms with Gasteiger partial charge in [-0.25, -0.2) is 5.48 Å². The van der Waals surface area contributed by atoms with Crippen molar-refractivity contribution in [1.29, 1.82) is 0 Å². The summed E-state index contributed by atoms with van der Waals surface area (Å²) >= 11 is 0. The molecule has 0 heterocycles. The van der Waals surface area contributed by atoms with Gasteiger partial charge in [0.25, 0.3) is 5.91 Å². The van der Waals surface area contributed by atoms with E-state index in [-0.39, 0.29) is 17.9 Å². The van der Waals surface area contributed by atoms with E-state index in [1.54, 1.807) is 5.48 Å². The molecule has 0 aliphatic rings. The third-order valence-corrected chi connectivity index (χ3v) is 1.48. The van der Waals surface area contributed by atoms with Crippen LogP contribution in [-0.2, 0) is 4.79 Å². The molecule has 1 atom stereocenters. The summed E-state index contributed by atoms with van der Waals surface area (Å²) in [6.45, 7) is 6.47. The van der Waals surface area contributed by atoms with Crippen LogP contribution in [0, 0.1) is 5.92 Å². The van der Waals surface area contributed by atoms with E-state index in [0.717, 1.165) is 6.54 Å². The lowest BCUT2D eigenvalue weighted by atomic mass is 10.0. The lowest BCUT2D eigenvalue weighted by Crippen LogP contribution is -2.46. The molecule has 0 bridgehead atoms. The lowest BCUT2D eigenvalue weighted by molar-refractivity contribution is -0.132. The molecular weight excluding hydrogens is 144 g/mol. The van der Waals surface area contributed by atoms with E-state index in [1.165, 1.54) is 0 Å². The van der Waals surface area contributed by atoms with Crippen LogP contribution in [0.2, 0.25) is 0 Å². The second-order valence-corrected chi connectivity index (χ2v) is 2.76. The van der Waals surface area contributed by atoms with Crippen LogP contribution in [0.4, 0.5) is 0 Å². The molecule has 0 unspecified atom stereocenters. The Balaban J connectivity index is 3.98. The SMILES string of the molecule is CCN[C@H](C(=O)NO)C(C)C. The van der Waals surface area contributed by atoms with Crippen molar-refractivity contribution in [3.63, 3.8) is 0 Å². The Hall–Kier alpha value is -0.610. The fourth-order valence-corrected chi connectivity index (χ4v) is 0.921. The van der Waals surface area contributed by atoms with Crippen LogP contribution in [-0.4, -0.2) is 23.7 Å². The smallest absolute Gasteiger partial charge is 0.260 e. The third kappa shape index (κ3) is 3.34. The minimum Gasteiger partial charge on any atom is -0.306 e. The molecule has 0 radical (unpaired) electrons. The topological polar surface area (TPSA) is 61.4 Å². The number of likely N-dealkylation sites (N-methyl/N-ethyl adjacent to an activating group) is 1. The summed E-state index contributed by atoms with van der Waals surface area (Å²) in [5.41, 5.74) is 1.63. The molecule has 0 saturated carbocycles. The number of rotatable bonds is 4. The standard InChI is InChI=1S/C7H16N2O2/c1-4-8-6(5(2)3)7(10)9-11/h5-6,8,11H,4H2,1-3H3,(H,9,10)/t6-/m0/s1. The van der Waals surface area contributed by atoms with Gasteiger partial charge >= 0.3 is 0 Å². The van der Waals surface area contributed by atoms with Crippen molar-refractivity contribution in [2.75, 3.05) is 6.54 Å². The highest BCUT2D eigenvalue weighted by molar-refractivity contribution is 5.80. The van der Waals surface area contributed by atoms with E-state index in [1.807, 2.05) is 20.8 Å². The summed E-state index contributed by atoms with van der Waals surface area (Å²) in [5.74, 6) is -0.191. The first kappa shape index (κ1) is 10.4. The molecule has 0 aliphatic carbocycles. The third-order valence-electron chi connectivity index (χ3n) is 1.48. The Morgan fingerprint density at radius 2 is 2.09 bits per heavy atom. The molecule has 4 nitrogen and oxygen atoms in total. The Kier molecular flexibility index (Phi) is 4.81. The molecule has 3 N–H and O–H groups in total. The molecule has 0 aromatic carbocycles. The average Bonchev–Trinajstić information content (AvgIpc) is 1.98. The fourth-order valence-electron chi connectivity index (χ4n) is 0.921. The summed E-state index contributed by atoms with van der Waals surface area (Å²) in [4.78, 5) is 10.9. The number of carbonyl (C=O) groups excluding carboxylic acids is 1. The quantitative estimate of drug-likeness (QED) is 0.404. The Morgan fingerprint density at radius 1 is 1.55 bits per heavy atom. The minimum atomic E-state index is -0.373. The molecule has 1 amide bonds. The maximum Gasteiger partial charge on any atom is 0.260 e. The number of hydroxylamine groups is 1. The molecule has 0 aromatic heterocycles. The van der Waals surface area contributed by atoms with E-state index < -0.39 is 0 Å². The first-order chi connectivity index (χ1) is 5.13. The van der Waals surface area contributed by atoms with Gasteiger partial charge in [-0.2, -0.15) is 0 Å². The summed E-state index contributed by atoms with van der Waals surface area (Å²) in [6.07, 6.45) is 0. The normalized spacial score (nSPS) is 13.2. The van der Waals surface area contributed by atoms with Gasteiger partial charge in [0.05, 0.1) is 6.04 Å². The summed E-state index contributed by atoms with van der Waals surface area (Å²) in [6, 6.07) is -0.301. The van der Waals surface area contributed by atoms with Crippen molar-refractivity contribution in [3.8, 4) is 0 Å². The van der Waals surface area contributed by atoms with Gasteiger partial charge in [0.2, 0.25) is 0 Å². The second-order valence-electron chi connectivity index (χ2n) is 2.76. The second kappa shape index (κ2) is 5.09. The van der Waals surface area contributed by atoms with Gasteiger partial charge < -0.3 is 5.32 Å². The lowest BCUT2D eigenvalue weighted by Gasteiger charge is -2.18. The van der Waals surface area contributed by atoms with Crippen molar-refractivity contribution in [2.45, 2.75) is 26.8 Å². The highest BCUT2D eigenvalue weighted by Gasteiger charge is 2.19. The van der Waals surface area contributed by atoms with Crippen LogP contribution in [0.3, 0.4) is 0 Å². The predicted octanol–water partition coefficient (Wildman–Crippen LogP) is 0.126. The van der Waals surface area contributed by atoms with Crippen LogP contribution in [0.1, 0.15) is 20.8 Å². The average molecular weight is 160 g/mol. The van der Waals surface area contributed by atoms with Crippen molar-refractivity contribution < 1.29 is 10.0 Å². The van der Waals surface area contributed by atoms with E-state index in [2.05, 4.69) is 5.32 Å². The fraction of sp³-hybridized carbons (Fsp3) is 0.857. The van der Waals surface area contributed by atoms with Crippen LogP contribution in [0.15, 0.2) is 0 Å². The van der Waals surface area contributed by atoms with Gasteiger partial charge in [-0.1, -0.05) is 20.8 Å². The predicted molar refractivity (Wildman–Crippen MR) is 42.2 cm³/mol. The molecule has 0 aliphatic heterocycles. The van der Waals surface area contributed by atoms with E-state index in [9.17, 15) is 4.79 Å². The van der Waals surface area contributed by atoms with Crippen LogP contribution < -0.4 is 10.8 Å². The molecule has 0 saturated heterocycles. The van der Waals surface area contributed by atoms with Crippen LogP contribution in [0.25, 0.3) is 0 Å². The molecule has 11 heavy (non-hydrogen) atoms. The highest BCUT2D eigenvalue weighted by atomic mass is 16.5.